The Bertz CT molecular complexity index is 810. The Morgan fingerprint density at radius 1 is 1.14 bits per heavy atom. The van der Waals surface area contributed by atoms with Gasteiger partial charge in [-0.15, -0.1) is 0 Å². The molecule has 28 heavy (non-hydrogen) atoms. The summed E-state index contributed by atoms with van der Waals surface area (Å²) in [4.78, 5) is 0. The topological polar surface area (TPSA) is 33.3 Å². The molecule has 0 fully saturated rings. The van der Waals surface area contributed by atoms with E-state index in [0.29, 0.717) is 5.92 Å². The average Bonchev–Trinajstić information content (AvgIpc) is 2.61. The minimum Gasteiger partial charge on any atom is -0.497 e. The van der Waals surface area contributed by atoms with Crippen molar-refractivity contribution in [3.8, 4) is 5.75 Å². The third-order valence-corrected chi connectivity index (χ3v) is 4.61. The van der Waals surface area contributed by atoms with Gasteiger partial charge < -0.3 is 15.4 Å². The molecule has 0 aliphatic carbocycles. The SMILES string of the molecule is COc1ccc([C@H](CC(C)C)NC(=S)Nc2ccc(Cl)c(C(F)(F)F)c2)cc1. The van der Waals surface area contributed by atoms with Crippen molar-refractivity contribution in [2.24, 2.45) is 5.92 Å². The van der Waals surface area contributed by atoms with E-state index in [4.69, 9.17) is 28.6 Å². The lowest BCUT2D eigenvalue weighted by Crippen LogP contribution is -2.33. The predicted octanol–water partition coefficient (Wildman–Crippen LogP) is 6.44. The van der Waals surface area contributed by atoms with Gasteiger partial charge in [0.15, 0.2) is 5.11 Å². The van der Waals surface area contributed by atoms with E-state index in [0.717, 1.165) is 23.8 Å². The fourth-order valence-corrected chi connectivity index (χ4v) is 3.22. The van der Waals surface area contributed by atoms with Gasteiger partial charge in [-0.2, -0.15) is 13.2 Å². The van der Waals surface area contributed by atoms with Crippen LogP contribution in [-0.4, -0.2) is 12.2 Å². The number of ether oxygens (including phenoxy) is 1. The summed E-state index contributed by atoms with van der Waals surface area (Å²) in [7, 11) is 1.60. The van der Waals surface area contributed by atoms with Crippen LogP contribution in [0.4, 0.5) is 18.9 Å². The van der Waals surface area contributed by atoms with Crippen LogP contribution < -0.4 is 15.4 Å². The van der Waals surface area contributed by atoms with Crippen LogP contribution in [0, 0.1) is 5.92 Å². The normalized spacial score (nSPS) is 12.6. The molecule has 1 atom stereocenters. The van der Waals surface area contributed by atoms with Crippen molar-refractivity contribution in [2.75, 3.05) is 12.4 Å². The molecule has 0 bridgehead atoms. The van der Waals surface area contributed by atoms with Gasteiger partial charge in [-0.25, -0.2) is 0 Å². The molecule has 0 saturated carbocycles. The lowest BCUT2D eigenvalue weighted by molar-refractivity contribution is -0.137. The van der Waals surface area contributed by atoms with Crippen LogP contribution in [0.3, 0.4) is 0 Å². The highest BCUT2D eigenvalue weighted by Crippen LogP contribution is 2.36. The van der Waals surface area contributed by atoms with Crippen LogP contribution in [0.2, 0.25) is 5.02 Å². The van der Waals surface area contributed by atoms with Crippen molar-refractivity contribution in [2.45, 2.75) is 32.5 Å². The Morgan fingerprint density at radius 2 is 1.79 bits per heavy atom. The first-order valence-corrected chi connectivity index (χ1v) is 9.47. The number of hydrogen-bond donors (Lipinski definition) is 2. The second-order valence-electron chi connectivity index (χ2n) is 6.75. The first-order valence-electron chi connectivity index (χ1n) is 8.68. The van der Waals surface area contributed by atoms with Crippen molar-refractivity contribution >= 4 is 34.6 Å². The average molecular weight is 431 g/mol. The van der Waals surface area contributed by atoms with Crippen molar-refractivity contribution in [3.05, 3.63) is 58.6 Å². The molecule has 3 nitrogen and oxygen atoms in total. The lowest BCUT2D eigenvalue weighted by atomic mass is 9.97. The molecule has 0 aromatic heterocycles. The fourth-order valence-electron chi connectivity index (χ4n) is 2.73. The summed E-state index contributed by atoms with van der Waals surface area (Å²) in [6.07, 6.45) is -3.74. The van der Waals surface area contributed by atoms with Crippen LogP contribution in [-0.2, 0) is 6.18 Å². The highest BCUT2D eigenvalue weighted by atomic mass is 35.5. The molecule has 0 heterocycles. The Morgan fingerprint density at radius 3 is 2.32 bits per heavy atom. The number of rotatable bonds is 6. The number of methoxy groups -OCH3 is 1. The minimum absolute atomic E-state index is 0.0970. The summed E-state index contributed by atoms with van der Waals surface area (Å²) < 4.78 is 44.3. The number of anilines is 1. The van der Waals surface area contributed by atoms with Gasteiger partial charge in [0, 0.05) is 5.69 Å². The van der Waals surface area contributed by atoms with E-state index >= 15 is 0 Å². The maximum absolute atomic E-state index is 13.0. The zero-order valence-corrected chi connectivity index (χ0v) is 17.3. The number of alkyl halides is 3. The second-order valence-corrected chi connectivity index (χ2v) is 7.56. The summed E-state index contributed by atoms with van der Waals surface area (Å²) in [5.74, 6) is 1.13. The van der Waals surface area contributed by atoms with Gasteiger partial charge in [-0.1, -0.05) is 37.6 Å². The van der Waals surface area contributed by atoms with Gasteiger partial charge in [0.05, 0.1) is 23.7 Å². The van der Waals surface area contributed by atoms with Crippen molar-refractivity contribution < 1.29 is 17.9 Å². The first kappa shape index (κ1) is 22.3. The van der Waals surface area contributed by atoms with Crippen molar-refractivity contribution in [3.63, 3.8) is 0 Å². The van der Waals surface area contributed by atoms with E-state index in [1.165, 1.54) is 12.1 Å². The summed E-state index contributed by atoms with van der Waals surface area (Å²) in [5, 5.41) is 5.88. The van der Waals surface area contributed by atoms with Gasteiger partial charge in [-0.3, -0.25) is 0 Å². The molecule has 2 aromatic carbocycles. The molecule has 0 radical (unpaired) electrons. The Labute approximate surface area is 173 Å². The van der Waals surface area contributed by atoms with E-state index in [1.54, 1.807) is 7.11 Å². The van der Waals surface area contributed by atoms with Gasteiger partial charge in [0.1, 0.15) is 5.75 Å². The van der Waals surface area contributed by atoms with Crippen LogP contribution in [0.5, 0.6) is 5.75 Å². The molecule has 0 amide bonds. The Kier molecular flexibility index (Phi) is 7.55. The van der Waals surface area contributed by atoms with Crippen LogP contribution >= 0.6 is 23.8 Å². The van der Waals surface area contributed by atoms with Crippen LogP contribution in [0.15, 0.2) is 42.5 Å². The quantitative estimate of drug-likeness (QED) is 0.516. The lowest BCUT2D eigenvalue weighted by Gasteiger charge is -2.23. The zero-order chi connectivity index (χ0) is 20.9. The zero-order valence-electron chi connectivity index (χ0n) is 15.7. The number of hydrogen-bond acceptors (Lipinski definition) is 2. The van der Waals surface area contributed by atoms with Gasteiger partial charge in [0.25, 0.3) is 0 Å². The van der Waals surface area contributed by atoms with E-state index in [1.807, 2.05) is 24.3 Å². The molecular weight excluding hydrogens is 409 g/mol. The van der Waals surface area contributed by atoms with Crippen LogP contribution in [0.1, 0.15) is 37.4 Å². The number of halogens is 4. The summed E-state index contributed by atoms with van der Waals surface area (Å²) in [6.45, 7) is 4.17. The molecule has 2 N–H and O–H groups in total. The number of thiocarbonyl (C=S) groups is 1. The second kappa shape index (κ2) is 9.47. The monoisotopic (exact) mass is 430 g/mol. The van der Waals surface area contributed by atoms with Gasteiger partial charge in [0.2, 0.25) is 0 Å². The maximum atomic E-state index is 13.0. The molecule has 0 spiro atoms. The first-order chi connectivity index (χ1) is 13.1. The number of nitrogens with one attached hydrogen (secondary N) is 2. The molecule has 2 rings (SSSR count). The highest BCUT2D eigenvalue weighted by Gasteiger charge is 2.33. The Balaban J connectivity index is 2.15. The number of benzene rings is 2. The summed E-state index contributed by atoms with van der Waals surface area (Å²) >= 11 is 11.0. The van der Waals surface area contributed by atoms with Crippen LogP contribution in [0.25, 0.3) is 0 Å². The Hall–Kier alpha value is -1.99. The highest BCUT2D eigenvalue weighted by molar-refractivity contribution is 7.80. The van der Waals surface area contributed by atoms with Gasteiger partial charge >= 0.3 is 6.18 Å². The molecule has 0 aliphatic rings. The third-order valence-electron chi connectivity index (χ3n) is 4.06. The van der Waals surface area contributed by atoms with E-state index in [9.17, 15) is 13.2 Å². The predicted molar refractivity (Wildman–Crippen MR) is 111 cm³/mol. The van der Waals surface area contributed by atoms with Crippen molar-refractivity contribution in [1.29, 1.82) is 0 Å². The summed E-state index contributed by atoms with van der Waals surface area (Å²) in [6, 6.07) is 11.1. The van der Waals surface area contributed by atoms with Gasteiger partial charge in [-0.05, 0) is 60.5 Å². The molecule has 0 unspecified atom stereocenters. The maximum Gasteiger partial charge on any atom is 0.417 e. The third kappa shape index (κ3) is 6.27. The molecule has 152 valence electrons. The molecule has 0 aliphatic heterocycles. The molecule has 0 saturated heterocycles. The largest absolute Gasteiger partial charge is 0.497 e. The molecule has 2 aromatic rings. The van der Waals surface area contributed by atoms with E-state index < -0.39 is 11.7 Å². The molecule has 8 heteroatoms. The van der Waals surface area contributed by atoms with Crippen molar-refractivity contribution in [1.82, 2.24) is 5.32 Å². The standard InChI is InChI=1S/C20H22ClF3N2OS/c1-12(2)10-18(13-4-7-15(27-3)8-5-13)26-19(28)25-14-6-9-17(21)16(11-14)20(22,23)24/h4-9,11-12,18H,10H2,1-3H3,(H2,25,26,28)/t18-/m0/s1. The van der Waals surface area contributed by atoms with E-state index in [2.05, 4.69) is 24.5 Å². The smallest absolute Gasteiger partial charge is 0.417 e. The minimum atomic E-state index is -4.53. The van der Waals surface area contributed by atoms with E-state index in [-0.39, 0.29) is 21.9 Å². The fraction of sp³-hybridized carbons (Fsp3) is 0.350. The molecular formula is C20H22ClF3N2OS. The summed E-state index contributed by atoms with van der Waals surface area (Å²) in [5.41, 5.74) is 0.314.